The average molecular weight is 339 g/mol. The zero-order chi connectivity index (χ0) is 18.0. The summed E-state index contributed by atoms with van der Waals surface area (Å²) in [6.07, 6.45) is 0. The van der Waals surface area contributed by atoms with Crippen molar-refractivity contribution in [2.75, 3.05) is 0 Å². The Hall–Kier alpha value is -2.94. The van der Waals surface area contributed by atoms with Gasteiger partial charge >= 0.3 is 0 Å². The number of rotatable bonds is 4. The van der Waals surface area contributed by atoms with Crippen molar-refractivity contribution in [1.29, 1.82) is 0 Å². The lowest BCUT2D eigenvalue weighted by molar-refractivity contribution is 0.0513. The highest BCUT2D eigenvalue weighted by Gasteiger charge is 2.39. The summed E-state index contributed by atoms with van der Waals surface area (Å²) in [7, 11) is 0. The average Bonchev–Trinajstić information content (AvgIpc) is 2.73. The molecule has 0 radical (unpaired) electrons. The highest BCUT2D eigenvalue weighted by Crippen LogP contribution is 2.40. The molecule has 4 aromatic carbocycles. The van der Waals surface area contributed by atoms with Crippen molar-refractivity contribution < 1.29 is 5.11 Å². The fourth-order valence-electron chi connectivity index (χ4n) is 3.55. The number of nitrogens with two attached hydrogens (primary N) is 1. The summed E-state index contributed by atoms with van der Waals surface area (Å²) in [5, 5.41) is 14.1. The Balaban J connectivity index is 1.88. The molecule has 0 aromatic heterocycles. The predicted octanol–water partition coefficient (Wildman–Crippen LogP) is 4.78. The van der Waals surface area contributed by atoms with Gasteiger partial charge in [-0.1, -0.05) is 97.1 Å². The third kappa shape index (κ3) is 2.80. The van der Waals surface area contributed by atoms with Crippen LogP contribution in [-0.2, 0) is 5.60 Å². The molecule has 4 aromatic rings. The first kappa shape index (κ1) is 16.5. The summed E-state index contributed by atoms with van der Waals surface area (Å²) >= 11 is 0. The van der Waals surface area contributed by atoms with E-state index in [0.29, 0.717) is 0 Å². The molecule has 26 heavy (non-hydrogen) atoms. The first-order valence-corrected chi connectivity index (χ1v) is 8.77. The molecule has 0 amide bonds. The van der Waals surface area contributed by atoms with Crippen molar-refractivity contribution in [1.82, 2.24) is 0 Å². The second kappa shape index (κ2) is 6.75. The van der Waals surface area contributed by atoms with Gasteiger partial charge < -0.3 is 10.8 Å². The highest BCUT2D eigenvalue weighted by atomic mass is 16.3. The predicted molar refractivity (Wildman–Crippen MR) is 107 cm³/mol. The summed E-state index contributed by atoms with van der Waals surface area (Å²) < 4.78 is 0. The van der Waals surface area contributed by atoms with Crippen molar-refractivity contribution in [3.8, 4) is 0 Å². The van der Waals surface area contributed by atoms with Crippen molar-refractivity contribution in [2.45, 2.75) is 11.6 Å². The van der Waals surface area contributed by atoms with Crippen LogP contribution in [0.2, 0.25) is 0 Å². The summed E-state index contributed by atoms with van der Waals surface area (Å²) in [6.45, 7) is 0. The quantitative estimate of drug-likeness (QED) is 0.562. The molecule has 4 rings (SSSR count). The molecular formula is C24H21NO. The molecule has 2 nitrogen and oxygen atoms in total. The maximum absolute atomic E-state index is 11.8. The standard InChI is InChI=1S/C24H21NO/c25-23(20-16-15-18-9-7-8-10-19(18)17-20)24(26,21-11-3-1-4-12-21)22-13-5-2-6-14-22/h1-17,23,26H,25H2. The fourth-order valence-corrected chi connectivity index (χ4v) is 3.55. The smallest absolute Gasteiger partial charge is 0.134 e. The summed E-state index contributed by atoms with van der Waals surface area (Å²) in [5.41, 5.74) is 7.83. The summed E-state index contributed by atoms with van der Waals surface area (Å²) in [6, 6.07) is 33.0. The van der Waals surface area contributed by atoms with Crippen LogP contribution in [0, 0.1) is 0 Å². The van der Waals surface area contributed by atoms with Crippen LogP contribution in [0.4, 0.5) is 0 Å². The minimum absolute atomic E-state index is 0.600. The van der Waals surface area contributed by atoms with E-state index in [1.54, 1.807) is 0 Å². The maximum atomic E-state index is 11.8. The number of hydrogen-bond donors (Lipinski definition) is 2. The minimum Gasteiger partial charge on any atom is -0.378 e. The Labute approximate surface area is 153 Å². The summed E-state index contributed by atoms with van der Waals surface area (Å²) in [5.74, 6) is 0. The van der Waals surface area contributed by atoms with Gasteiger partial charge in [0.25, 0.3) is 0 Å². The molecule has 0 bridgehead atoms. The third-order valence-corrected chi connectivity index (χ3v) is 5.01. The molecule has 1 atom stereocenters. The van der Waals surface area contributed by atoms with E-state index in [9.17, 15) is 5.11 Å². The highest BCUT2D eigenvalue weighted by molar-refractivity contribution is 5.83. The van der Waals surface area contributed by atoms with Gasteiger partial charge in [0.1, 0.15) is 5.60 Å². The Morgan fingerprint density at radius 1 is 0.615 bits per heavy atom. The lowest BCUT2D eigenvalue weighted by Crippen LogP contribution is -2.39. The molecule has 0 saturated carbocycles. The molecule has 0 aliphatic rings. The van der Waals surface area contributed by atoms with Gasteiger partial charge in [0, 0.05) is 0 Å². The van der Waals surface area contributed by atoms with E-state index in [-0.39, 0.29) is 0 Å². The molecule has 0 aliphatic heterocycles. The number of fused-ring (bicyclic) bond motifs is 1. The fraction of sp³-hybridized carbons (Fsp3) is 0.0833. The van der Waals surface area contributed by atoms with Gasteiger partial charge in [-0.15, -0.1) is 0 Å². The monoisotopic (exact) mass is 339 g/mol. The van der Waals surface area contributed by atoms with E-state index in [1.807, 2.05) is 78.9 Å². The first-order chi connectivity index (χ1) is 12.7. The van der Waals surface area contributed by atoms with Gasteiger partial charge in [-0.3, -0.25) is 0 Å². The molecule has 0 aliphatic carbocycles. The molecule has 128 valence electrons. The molecular weight excluding hydrogens is 318 g/mol. The normalized spacial score (nSPS) is 12.8. The van der Waals surface area contributed by atoms with Gasteiger partial charge in [0.15, 0.2) is 0 Å². The SMILES string of the molecule is NC(c1ccc2ccccc2c1)C(O)(c1ccccc1)c1ccccc1. The minimum atomic E-state index is -1.31. The Bertz CT molecular complexity index is 972. The van der Waals surface area contributed by atoms with Gasteiger partial charge in [0.2, 0.25) is 0 Å². The topological polar surface area (TPSA) is 46.2 Å². The van der Waals surface area contributed by atoms with Gasteiger partial charge in [-0.05, 0) is 33.5 Å². The van der Waals surface area contributed by atoms with Crippen LogP contribution in [-0.4, -0.2) is 5.11 Å². The lowest BCUT2D eigenvalue weighted by Gasteiger charge is -2.35. The van der Waals surface area contributed by atoms with E-state index in [4.69, 9.17) is 5.73 Å². The maximum Gasteiger partial charge on any atom is 0.134 e. The van der Waals surface area contributed by atoms with Crippen molar-refractivity contribution in [3.05, 3.63) is 120 Å². The molecule has 0 heterocycles. The van der Waals surface area contributed by atoms with Crippen LogP contribution >= 0.6 is 0 Å². The Morgan fingerprint density at radius 2 is 1.12 bits per heavy atom. The lowest BCUT2D eigenvalue weighted by atomic mass is 9.77. The molecule has 1 unspecified atom stereocenters. The van der Waals surface area contributed by atoms with Crippen molar-refractivity contribution in [3.63, 3.8) is 0 Å². The largest absolute Gasteiger partial charge is 0.378 e. The van der Waals surface area contributed by atoms with Crippen molar-refractivity contribution >= 4 is 10.8 Å². The van der Waals surface area contributed by atoms with Gasteiger partial charge in [-0.25, -0.2) is 0 Å². The second-order valence-electron chi connectivity index (χ2n) is 6.58. The molecule has 0 saturated heterocycles. The zero-order valence-electron chi connectivity index (χ0n) is 14.4. The van der Waals surface area contributed by atoms with E-state index in [0.717, 1.165) is 27.5 Å². The zero-order valence-corrected chi connectivity index (χ0v) is 14.4. The van der Waals surface area contributed by atoms with Crippen LogP contribution in [0.15, 0.2) is 103 Å². The molecule has 3 N–H and O–H groups in total. The molecule has 0 fully saturated rings. The summed E-state index contributed by atoms with van der Waals surface area (Å²) in [4.78, 5) is 0. The van der Waals surface area contributed by atoms with Crippen LogP contribution in [0.5, 0.6) is 0 Å². The van der Waals surface area contributed by atoms with Crippen LogP contribution in [0.25, 0.3) is 10.8 Å². The number of benzene rings is 4. The first-order valence-electron chi connectivity index (χ1n) is 8.77. The number of aliphatic hydroxyl groups is 1. The van der Waals surface area contributed by atoms with Crippen LogP contribution in [0.1, 0.15) is 22.7 Å². The Morgan fingerprint density at radius 3 is 1.69 bits per heavy atom. The second-order valence-corrected chi connectivity index (χ2v) is 6.58. The van der Waals surface area contributed by atoms with E-state index in [2.05, 4.69) is 24.3 Å². The van der Waals surface area contributed by atoms with Gasteiger partial charge in [0.05, 0.1) is 6.04 Å². The van der Waals surface area contributed by atoms with E-state index < -0.39 is 11.6 Å². The van der Waals surface area contributed by atoms with E-state index >= 15 is 0 Å². The van der Waals surface area contributed by atoms with Crippen LogP contribution in [0.3, 0.4) is 0 Å². The van der Waals surface area contributed by atoms with Crippen molar-refractivity contribution in [2.24, 2.45) is 5.73 Å². The van der Waals surface area contributed by atoms with E-state index in [1.165, 1.54) is 0 Å². The third-order valence-electron chi connectivity index (χ3n) is 5.01. The van der Waals surface area contributed by atoms with Gasteiger partial charge in [-0.2, -0.15) is 0 Å². The van der Waals surface area contributed by atoms with Crippen LogP contribution < -0.4 is 5.73 Å². The molecule has 0 spiro atoms. The molecule has 2 heteroatoms. The number of hydrogen-bond acceptors (Lipinski definition) is 2. The Kier molecular flexibility index (Phi) is 4.29.